The van der Waals surface area contributed by atoms with Gasteiger partial charge < -0.3 is 38.5 Å². The lowest BCUT2D eigenvalue weighted by molar-refractivity contribution is -0.253. The molecule has 1 aliphatic carbocycles. The van der Waals surface area contributed by atoms with Crippen molar-refractivity contribution in [2.75, 3.05) is 19.0 Å². The molecule has 1 aliphatic heterocycles. The zero-order valence-corrected chi connectivity index (χ0v) is 37.6. The van der Waals surface area contributed by atoms with E-state index >= 15 is 0 Å². The summed E-state index contributed by atoms with van der Waals surface area (Å²) in [5.74, 6) is -1.05. The molecule has 0 spiro atoms. The first-order valence-corrected chi connectivity index (χ1v) is 22.8. The van der Waals surface area contributed by atoms with Gasteiger partial charge in [-0.1, -0.05) is 146 Å². The Morgan fingerprint density at radius 2 is 1.11 bits per heavy atom. The van der Waals surface area contributed by atoms with Gasteiger partial charge in [0.25, 0.3) is 0 Å². The Bertz CT molecular complexity index is 2230. The largest absolute Gasteiger partial charge is 0.463 e. The van der Waals surface area contributed by atoms with Gasteiger partial charge in [0.1, 0.15) is 54.7 Å². The first-order chi connectivity index (χ1) is 31.1. The van der Waals surface area contributed by atoms with Crippen molar-refractivity contribution in [2.45, 2.75) is 101 Å². The van der Waals surface area contributed by atoms with E-state index in [9.17, 15) is 14.4 Å². The van der Waals surface area contributed by atoms with Crippen molar-refractivity contribution in [1.29, 1.82) is 0 Å². The summed E-state index contributed by atoms with van der Waals surface area (Å²) in [5.41, 5.74) is 5.74. The van der Waals surface area contributed by atoms with Gasteiger partial charge in [-0.15, -0.1) is 11.8 Å². The first-order valence-electron chi connectivity index (χ1n) is 21.8. The van der Waals surface area contributed by atoms with Gasteiger partial charge in [-0.25, -0.2) is 9.59 Å². The molecular formula is C52H57NO10S. The second-order valence-electron chi connectivity index (χ2n) is 16.7. The van der Waals surface area contributed by atoms with Gasteiger partial charge in [-0.2, -0.15) is 0 Å². The molecule has 5 aromatic rings. The molecule has 1 fully saturated rings. The highest BCUT2D eigenvalue weighted by molar-refractivity contribution is 7.99. The average molecular weight is 888 g/mol. The Morgan fingerprint density at radius 1 is 0.625 bits per heavy atom. The summed E-state index contributed by atoms with van der Waals surface area (Å²) >= 11 is 1.56. The van der Waals surface area contributed by atoms with Gasteiger partial charge >= 0.3 is 18.0 Å². The second kappa shape index (κ2) is 22.4. The third-order valence-electron chi connectivity index (χ3n) is 10.9. The third kappa shape index (κ3) is 12.6. The molecule has 12 heteroatoms. The monoisotopic (exact) mass is 887 g/mol. The van der Waals surface area contributed by atoms with Gasteiger partial charge in [0, 0.05) is 5.92 Å². The standard InChI is InChI=1S/C52H57NO10S/c1-5-64-50-48(60-32-37-23-13-8-14-24-37)47(59-31-36-21-11-7-12-22-36)46(58-30-35-19-9-6-10-20-35)44(62-50)34-57-45(54)29-43(49(55)63-52(2,3)4)53-51(56)61-33-42-40-27-17-15-25-38(40)39-26-16-18-28-41(39)42/h6-28,42-44,46-48,50H,5,29-34H2,1-4H3,(H,53,56)/t43-,44+,46+,47-,48-,50+/m0/s1. The molecule has 11 nitrogen and oxygen atoms in total. The van der Waals surface area contributed by atoms with Crippen LogP contribution >= 0.6 is 11.8 Å². The molecule has 64 heavy (non-hydrogen) atoms. The molecule has 7 rings (SSSR count). The van der Waals surface area contributed by atoms with Crippen LogP contribution in [-0.4, -0.2) is 78.5 Å². The minimum atomic E-state index is -1.40. The topological polar surface area (TPSA) is 128 Å². The molecule has 0 aromatic heterocycles. The maximum absolute atomic E-state index is 13.8. The molecule has 6 atom stereocenters. The third-order valence-corrected chi connectivity index (χ3v) is 11.9. The summed E-state index contributed by atoms with van der Waals surface area (Å²) in [5, 5.41) is 2.59. The van der Waals surface area contributed by atoms with Gasteiger partial charge in [0.15, 0.2) is 0 Å². The van der Waals surface area contributed by atoms with Gasteiger partial charge in [-0.05, 0) is 65.5 Å². The fourth-order valence-electron chi connectivity index (χ4n) is 7.93. The smallest absolute Gasteiger partial charge is 0.407 e. The number of fused-ring (bicyclic) bond motifs is 3. The maximum atomic E-state index is 13.8. The van der Waals surface area contributed by atoms with Crippen molar-refractivity contribution in [2.24, 2.45) is 0 Å². The summed E-state index contributed by atoms with van der Waals surface area (Å²) in [6.45, 7) is 7.77. The number of alkyl carbamates (subject to hydrolysis) is 1. The van der Waals surface area contributed by atoms with Crippen molar-refractivity contribution < 1.29 is 47.5 Å². The van der Waals surface area contributed by atoms with E-state index in [1.807, 2.05) is 146 Å². The Kier molecular flexibility index (Phi) is 16.3. The Balaban J connectivity index is 1.08. The fraction of sp³-hybridized carbons (Fsp3) is 0.365. The van der Waals surface area contributed by atoms with Crippen molar-refractivity contribution >= 4 is 29.8 Å². The second-order valence-corrected chi connectivity index (χ2v) is 18.1. The van der Waals surface area contributed by atoms with Crippen molar-refractivity contribution in [3.63, 3.8) is 0 Å². The SMILES string of the molecule is CCS[C@H]1O[C@H](COC(=O)C[C@H](NC(=O)OCC2c3ccccc3-c3ccccc32)C(=O)OC(C)(C)C)[C@@H](OCc2ccccc2)[C@H](OCc2ccccc2)[C@@H]1OCc1ccccc1. The fourth-order valence-corrected chi connectivity index (χ4v) is 8.90. The minimum Gasteiger partial charge on any atom is -0.463 e. The number of thioether (sulfide) groups is 1. The number of esters is 2. The van der Waals surface area contributed by atoms with E-state index in [-0.39, 0.29) is 32.3 Å². The molecule has 1 amide bonds. The molecule has 0 unspecified atom stereocenters. The lowest BCUT2D eigenvalue weighted by Gasteiger charge is -2.45. The number of hydrogen-bond donors (Lipinski definition) is 1. The van der Waals surface area contributed by atoms with E-state index < -0.39 is 65.9 Å². The summed E-state index contributed by atoms with van der Waals surface area (Å²) in [6, 6.07) is 44.1. The molecular weight excluding hydrogens is 831 g/mol. The van der Waals surface area contributed by atoms with Crippen molar-refractivity contribution in [1.82, 2.24) is 5.32 Å². The highest BCUT2D eigenvalue weighted by atomic mass is 32.2. The van der Waals surface area contributed by atoms with E-state index in [0.29, 0.717) is 12.4 Å². The molecule has 1 saturated heterocycles. The number of benzene rings is 5. The number of carbonyl (C=O) groups excluding carboxylic acids is 3. The predicted molar refractivity (Wildman–Crippen MR) is 245 cm³/mol. The number of rotatable bonds is 19. The van der Waals surface area contributed by atoms with Crippen LogP contribution in [0.3, 0.4) is 0 Å². The van der Waals surface area contributed by atoms with Gasteiger partial charge in [0.05, 0.1) is 26.2 Å². The van der Waals surface area contributed by atoms with Crippen LogP contribution < -0.4 is 5.32 Å². The zero-order chi connectivity index (χ0) is 44.9. The molecule has 5 aromatic carbocycles. The van der Waals surface area contributed by atoms with Gasteiger partial charge in [-0.3, -0.25) is 4.79 Å². The zero-order valence-electron chi connectivity index (χ0n) is 36.8. The number of amides is 1. The number of nitrogens with one attached hydrogen (secondary N) is 1. The van der Waals surface area contributed by atoms with Crippen LogP contribution in [0.2, 0.25) is 0 Å². The van der Waals surface area contributed by atoms with Crippen molar-refractivity contribution in [3.05, 3.63) is 167 Å². The minimum absolute atomic E-state index is 0.0231. The van der Waals surface area contributed by atoms with E-state index in [1.165, 1.54) is 0 Å². The maximum Gasteiger partial charge on any atom is 0.407 e. The molecule has 0 radical (unpaired) electrons. The number of hydrogen-bond acceptors (Lipinski definition) is 11. The van der Waals surface area contributed by atoms with Crippen LogP contribution in [-0.2, 0) is 62.6 Å². The molecule has 0 bridgehead atoms. The molecule has 1 heterocycles. The Hall–Kier alpha value is -5.50. The Morgan fingerprint density at radius 3 is 1.62 bits per heavy atom. The average Bonchev–Trinajstić information content (AvgIpc) is 3.62. The van der Waals surface area contributed by atoms with Crippen molar-refractivity contribution in [3.8, 4) is 11.1 Å². The van der Waals surface area contributed by atoms with Crippen LogP contribution in [0.1, 0.15) is 67.9 Å². The Labute approximate surface area is 380 Å². The summed E-state index contributed by atoms with van der Waals surface area (Å²) in [4.78, 5) is 40.8. The first kappa shape index (κ1) is 46.5. The van der Waals surface area contributed by atoms with E-state index in [2.05, 4.69) is 5.32 Å². The summed E-state index contributed by atoms with van der Waals surface area (Å²) in [7, 11) is 0. The van der Waals surface area contributed by atoms with E-state index in [0.717, 1.165) is 38.9 Å². The van der Waals surface area contributed by atoms with E-state index in [4.69, 9.17) is 33.2 Å². The highest BCUT2D eigenvalue weighted by Crippen LogP contribution is 2.44. The van der Waals surface area contributed by atoms with Crippen LogP contribution in [0.4, 0.5) is 4.79 Å². The summed E-state index contributed by atoms with van der Waals surface area (Å²) < 4.78 is 44.2. The van der Waals surface area contributed by atoms with Crippen LogP contribution in [0.15, 0.2) is 140 Å². The van der Waals surface area contributed by atoms with E-state index in [1.54, 1.807) is 32.5 Å². The van der Waals surface area contributed by atoms with Crippen LogP contribution in [0.25, 0.3) is 11.1 Å². The van der Waals surface area contributed by atoms with Gasteiger partial charge in [0.2, 0.25) is 0 Å². The molecule has 0 saturated carbocycles. The highest BCUT2D eigenvalue weighted by Gasteiger charge is 2.49. The van der Waals surface area contributed by atoms with Crippen LogP contribution in [0.5, 0.6) is 0 Å². The molecule has 1 N–H and O–H groups in total. The predicted octanol–water partition coefficient (Wildman–Crippen LogP) is 9.40. The lowest BCUT2D eigenvalue weighted by Crippen LogP contribution is -2.60. The van der Waals surface area contributed by atoms with Crippen LogP contribution in [0, 0.1) is 0 Å². The molecule has 336 valence electrons. The quantitative estimate of drug-likeness (QED) is 0.0630. The number of carbonyl (C=O) groups is 3. The lowest BCUT2D eigenvalue weighted by atomic mass is 9.98. The number of ether oxygens (including phenoxy) is 7. The normalized spacial score (nSPS) is 19.8. The summed E-state index contributed by atoms with van der Waals surface area (Å²) in [6.07, 6.45) is -4.17. The molecule has 2 aliphatic rings.